The van der Waals surface area contributed by atoms with Gasteiger partial charge in [-0.2, -0.15) is 0 Å². The molecule has 0 aliphatic heterocycles. The summed E-state index contributed by atoms with van der Waals surface area (Å²) in [6.07, 6.45) is 11.3. The standard InChI is InChI=1S/C16H30N2O.ClH/c1-2-13(10-12-6-4-3-5-7-12)16(19)18-15(11-17)14-8-9-14;/h12-15H,2-11,17H2,1H3,(H,18,19);1H. The number of nitrogens with two attached hydrogens (primary N) is 1. The lowest BCUT2D eigenvalue weighted by molar-refractivity contribution is -0.126. The second kappa shape index (κ2) is 8.89. The average Bonchev–Trinajstić information content (AvgIpc) is 3.27. The smallest absolute Gasteiger partial charge is 0.223 e. The average molecular weight is 303 g/mol. The van der Waals surface area contributed by atoms with Crippen molar-refractivity contribution in [3.05, 3.63) is 0 Å². The second-order valence-corrected chi connectivity index (χ2v) is 6.53. The maximum absolute atomic E-state index is 12.4. The lowest BCUT2D eigenvalue weighted by Crippen LogP contribution is -2.44. The van der Waals surface area contributed by atoms with E-state index in [4.69, 9.17) is 5.73 Å². The monoisotopic (exact) mass is 302 g/mol. The molecule has 0 aromatic heterocycles. The first-order valence-corrected chi connectivity index (χ1v) is 8.25. The third-order valence-electron chi connectivity index (χ3n) is 4.98. The van der Waals surface area contributed by atoms with Crippen molar-refractivity contribution in [1.82, 2.24) is 5.32 Å². The van der Waals surface area contributed by atoms with Crippen LogP contribution in [0.3, 0.4) is 0 Å². The SMILES string of the molecule is CCC(CC1CCCCC1)C(=O)NC(CN)C1CC1.Cl. The van der Waals surface area contributed by atoms with Crippen LogP contribution in [0, 0.1) is 17.8 Å². The lowest BCUT2D eigenvalue weighted by atomic mass is 9.81. The van der Waals surface area contributed by atoms with E-state index < -0.39 is 0 Å². The molecule has 2 saturated carbocycles. The van der Waals surface area contributed by atoms with Crippen LogP contribution in [0.4, 0.5) is 0 Å². The number of carbonyl (C=O) groups is 1. The predicted octanol–water partition coefficient (Wildman–Crippen LogP) is 3.26. The zero-order chi connectivity index (χ0) is 13.7. The Morgan fingerprint density at radius 2 is 1.85 bits per heavy atom. The van der Waals surface area contributed by atoms with Crippen molar-refractivity contribution in [3.63, 3.8) is 0 Å². The number of halogens is 1. The van der Waals surface area contributed by atoms with Gasteiger partial charge in [-0.15, -0.1) is 12.4 Å². The van der Waals surface area contributed by atoms with E-state index in [1.54, 1.807) is 0 Å². The molecule has 4 heteroatoms. The fourth-order valence-electron chi connectivity index (χ4n) is 3.45. The van der Waals surface area contributed by atoms with Crippen molar-refractivity contribution in [2.75, 3.05) is 6.54 Å². The van der Waals surface area contributed by atoms with Crippen molar-refractivity contribution >= 4 is 18.3 Å². The van der Waals surface area contributed by atoms with E-state index in [-0.39, 0.29) is 30.3 Å². The van der Waals surface area contributed by atoms with Gasteiger partial charge in [-0.25, -0.2) is 0 Å². The van der Waals surface area contributed by atoms with Crippen LogP contribution in [-0.4, -0.2) is 18.5 Å². The van der Waals surface area contributed by atoms with Gasteiger partial charge in [-0.05, 0) is 37.5 Å². The van der Waals surface area contributed by atoms with Crippen molar-refractivity contribution in [3.8, 4) is 0 Å². The van der Waals surface area contributed by atoms with Crippen LogP contribution in [0.2, 0.25) is 0 Å². The predicted molar refractivity (Wildman–Crippen MR) is 85.9 cm³/mol. The van der Waals surface area contributed by atoms with Crippen LogP contribution in [0.25, 0.3) is 0 Å². The maximum Gasteiger partial charge on any atom is 0.223 e. The van der Waals surface area contributed by atoms with Crippen molar-refractivity contribution in [1.29, 1.82) is 0 Å². The molecule has 0 spiro atoms. The Morgan fingerprint density at radius 1 is 1.20 bits per heavy atom. The highest BCUT2D eigenvalue weighted by atomic mass is 35.5. The van der Waals surface area contributed by atoms with E-state index in [9.17, 15) is 4.79 Å². The molecule has 0 saturated heterocycles. The van der Waals surface area contributed by atoms with Gasteiger partial charge in [0.05, 0.1) is 0 Å². The maximum atomic E-state index is 12.4. The van der Waals surface area contributed by atoms with Gasteiger partial charge in [0, 0.05) is 18.5 Å². The summed E-state index contributed by atoms with van der Waals surface area (Å²) in [5, 5.41) is 3.21. The van der Waals surface area contributed by atoms with Crippen LogP contribution >= 0.6 is 12.4 Å². The Balaban J connectivity index is 0.00000200. The van der Waals surface area contributed by atoms with Crippen LogP contribution in [0.15, 0.2) is 0 Å². The van der Waals surface area contributed by atoms with E-state index in [2.05, 4.69) is 12.2 Å². The highest BCUT2D eigenvalue weighted by Crippen LogP contribution is 2.33. The summed E-state index contributed by atoms with van der Waals surface area (Å²) in [7, 11) is 0. The number of carbonyl (C=O) groups excluding carboxylic acids is 1. The molecule has 2 aliphatic carbocycles. The van der Waals surface area contributed by atoms with Gasteiger partial charge in [-0.3, -0.25) is 4.79 Å². The Bertz CT molecular complexity index is 288. The summed E-state index contributed by atoms with van der Waals surface area (Å²) in [6, 6.07) is 0.230. The van der Waals surface area contributed by atoms with E-state index in [0.29, 0.717) is 12.5 Å². The van der Waals surface area contributed by atoms with E-state index in [1.165, 1.54) is 44.9 Å². The fourth-order valence-corrected chi connectivity index (χ4v) is 3.45. The summed E-state index contributed by atoms with van der Waals surface area (Å²) in [5.74, 6) is 1.90. The highest BCUT2D eigenvalue weighted by Gasteiger charge is 2.33. The number of hydrogen-bond acceptors (Lipinski definition) is 2. The normalized spacial score (nSPS) is 22.7. The van der Waals surface area contributed by atoms with Crippen LogP contribution in [0.5, 0.6) is 0 Å². The molecule has 3 N–H and O–H groups in total. The number of amides is 1. The Kier molecular flexibility index (Phi) is 7.90. The molecule has 0 radical (unpaired) electrons. The molecule has 2 atom stereocenters. The minimum absolute atomic E-state index is 0. The molecule has 2 rings (SSSR count). The molecule has 0 aromatic carbocycles. The summed E-state index contributed by atoms with van der Waals surface area (Å²) in [4.78, 5) is 12.4. The minimum Gasteiger partial charge on any atom is -0.352 e. The van der Waals surface area contributed by atoms with Gasteiger partial charge in [0.2, 0.25) is 5.91 Å². The number of hydrogen-bond donors (Lipinski definition) is 2. The molecular weight excluding hydrogens is 272 g/mol. The molecule has 3 nitrogen and oxygen atoms in total. The Labute approximate surface area is 129 Å². The minimum atomic E-state index is 0. The van der Waals surface area contributed by atoms with Gasteiger partial charge in [-0.1, -0.05) is 39.0 Å². The molecule has 118 valence electrons. The molecule has 2 fully saturated rings. The van der Waals surface area contributed by atoms with Crippen molar-refractivity contribution in [2.45, 2.75) is 70.8 Å². The molecule has 0 bridgehead atoms. The molecule has 20 heavy (non-hydrogen) atoms. The van der Waals surface area contributed by atoms with Gasteiger partial charge in [0.25, 0.3) is 0 Å². The van der Waals surface area contributed by atoms with Gasteiger partial charge in [0.15, 0.2) is 0 Å². The zero-order valence-corrected chi connectivity index (χ0v) is 13.6. The second-order valence-electron chi connectivity index (χ2n) is 6.53. The molecular formula is C16H31ClN2O. The molecule has 1 amide bonds. The summed E-state index contributed by atoms with van der Waals surface area (Å²) < 4.78 is 0. The number of nitrogens with one attached hydrogen (secondary N) is 1. The summed E-state index contributed by atoms with van der Waals surface area (Å²) >= 11 is 0. The van der Waals surface area contributed by atoms with Gasteiger partial charge < -0.3 is 11.1 Å². The van der Waals surface area contributed by atoms with Crippen molar-refractivity contribution < 1.29 is 4.79 Å². The first kappa shape index (κ1) is 17.8. The highest BCUT2D eigenvalue weighted by molar-refractivity contribution is 5.85. The van der Waals surface area contributed by atoms with Crippen molar-refractivity contribution in [2.24, 2.45) is 23.5 Å². The molecule has 0 heterocycles. The van der Waals surface area contributed by atoms with Gasteiger partial charge >= 0.3 is 0 Å². The van der Waals surface area contributed by atoms with E-state index in [0.717, 1.165) is 18.8 Å². The summed E-state index contributed by atoms with van der Waals surface area (Å²) in [6.45, 7) is 2.73. The Morgan fingerprint density at radius 3 is 2.35 bits per heavy atom. The molecule has 2 unspecified atom stereocenters. The number of rotatable bonds is 7. The topological polar surface area (TPSA) is 55.1 Å². The first-order chi connectivity index (χ1) is 9.24. The van der Waals surface area contributed by atoms with E-state index >= 15 is 0 Å². The largest absolute Gasteiger partial charge is 0.352 e. The fraction of sp³-hybridized carbons (Fsp3) is 0.938. The third kappa shape index (κ3) is 5.25. The quantitative estimate of drug-likeness (QED) is 0.758. The summed E-state index contributed by atoms with van der Waals surface area (Å²) in [5.41, 5.74) is 5.77. The van der Waals surface area contributed by atoms with Crippen LogP contribution in [0.1, 0.15) is 64.7 Å². The molecule has 0 aromatic rings. The Hall–Kier alpha value is -0.280. The molecule has 2 aliphatic rings. The van der Waals surface area contributed by atoms with Crippen LogP contribution in [-0.2, 0) is 4.79 Å². The van der Waals surface area contributed by atoms with Crippen LogP contribution < -0.4 is 11.1 Å². The first-order valence-electron chi connectivity index (χ1n) is 8.25. The third-order valence-corrected chi connectivity index (χ3v) is 4.98. The lowest BCUT2D eigenvalue weighted by Gasteiger charge is -2.27. The van der Waals surface area contributed by atoms with Gasteiger partial charge in [0.1, 0.15) is 0 Å². The zero-order valence-electron chi connectivity index (χ0n) is 12.8. The van der Waals surface area contributed by atoms with E-state index in [1.807, 2.05) is 0 Å².